The van der Waals surface area contributed by atoms with E-state index in [1.807, 2.05) is 13.8 Å². The summed E-state index contributed by atoms with van der Waals surface area (Å²) in [5, 5.41) is 12.5. The van der Waals surface area contributed by atoms with Crippen LogP contribution in [0.2, 0.25) is 0 Å². The van der Waals surface area contributed by atoms with Gasteiger partial charge in [-0.2, -0.15) is 0 Å². The summed E-state index contributed by atoms with van der Waals surface area (Å²) in [6.07, 6.45) is 0.590. The van der Waals surface area contributed by atoms with Crippen LogP contribution in [0, 0.1) is 6.92 Å². The van der Waals surface area contributed by atoms with Gasteiger partial charge in [0.25, 0.3) is 5.91 Å². The molecule has 24 heavy (non-hydrogen) atoms. The number of carboxylic acid groups (broad SMARTS) is 1. The van der Waals surface area contributed by atoms with E-state index in [0.29, 0.717) is 28.5 Å². The van der Waals surface area contributed by atoms with E-state index in [-0.39, 0.29) is 5.56 Å². The molecule has 0 unspecified atom stereocenters. The molecule has 0 aliphatic rings. The number of methoxy groups -OCH3 is 2. The van der Waals surface area contributed by atoms with E-state index >= 15 is 0 Å². The van der Waals surface area contributed by atoms with Gasteiger partial charge in [-0.05, 0) is 31.0 Å². The predicted octanol–water partition coefficient (Wildman–Crippen LogP) is 3.59. The Kier molecular flexibility index (Phi) is 5.46. The fraction of sp³-hybridized carbons (Fsp3) is 0.294. The van der Waals surface area contributed by atoms with E-state index < -0.39 is 11.9 Å². The van der Waals surface area contributed by atoms with Crippen LogP contribution in [-0.2, 0) is 6.42 Å². The number of amides is 1. The van der Waals surface area contributed by atoms with Crippen molar-refractivity contribution >= 4 is 28.2 Å². The van der Waals surface area contributed by atoms with Gasteiger partial charge in [0, 0.05) is 16.5 Å². The molecule has 0 fully saturated rings. The number of aryl methyl sites for hydroxylation is 1. The Labute approximate surface area is 144 Å². The molecular formula is C17H19NO5S. The molecular weight excluding hydrogens is 330 g/mol. The first kappa shape index (κ1) is 17.8. The van der Waals surface area contributed by atoms with Crippen molar-refractivity contribution in [2.45, 2.75) is 20.3 Å². The summed E-state index contributed by atoms with van der Waals surface area (Å²) in [6, 6.07) is 4.79. The molecule has 0 bridgehead atoms. The van der Waals surface area contributed by atoms with Gasteiger partial charge in [-0.15, -0.1) is 11.3 Å². The molecule has 2 aromatic rings. The number of nitrogens with one attached hydrogen (secondary N) is 1. The average molecular weight is 349 g/mol. The first-order valence-corrected chi connectivity index (χ1v) is 8.12. The van der Waals surface area contributed by atoms with Gasteiger partial charge < -0.3 is 19.9 Å². The van der Waals surface area contributed by atoms with Gasteiger partial charge in [-0.1, -0.05) is 6.92 Å². The second kappa shape index (κ2) is 7.35. The van der Waals surface area contributed by atoms with Crippen molar-refractivity contribution in [1.29, 1.82) is 0 Å². The van der Waals surface area contributed by atoms with E-state index in [1.165, 1.54) is 25.6 Å². The summed E-state index contributed by atoms with van der Waals surface area (Å²) in [5.41, 5.74) is 1.22. The van der Waals surface area contributed by atoms with E-state index in [4.69, 9.17) is 9.47 Å². The average Bonchev–Trinajstić information content (AvgIpc) is 2.89. The van der Waals surface area contributed by atoms with Crippen LogP contribution >= 0.6 is 11.3 Å². The summed E-state index contributed by atoms with van der Waals surface area (Å²) >= 11 is 1.26. The summed E-state index contributed by atoms with van der Waals surface area (Å²) < 4.78 is 10.3. The largest absolute Gasteiger partial charge is 0.497 e. The number of ether oxygens (including phenoxy) is 2. The number of thiophene rings is 1. The predicted molar refractivity (Wildman–Crippen MR) is 92.9 cm³/mol. The first-order valence-electron chi connectivity index (χ1n) is 7.31. The summed E-state index contributed by atoms with van der Waals surface area (Å²) in [6.45, 7) is 3.74. The Morgan fingerprint density at radius 1 is 1.17 bits per heavy atom. The Balaban J connectivity index is 2.39. The lowest BCUT2D eigenvalue weighted by molar-refractivity contribution is 0.0697. The smallest absolute Gasteiger partial charge is 0.339 e. The lowest BCUT2D eigenvalue weighted by Crippen LogP contribution is -2.14. The fourth-order valence-corrected chi connectivity index (χ4v) is 3.56. The molecule has 2 N–H and O–H groups in total. The van der Waals surface area contributed by atoms with Crippen LogP contribution in [-0.4, -0.2) is 31.2 Å². The zero-order valence-corrected chi connectivity index (χ0v) is 14.7. The Morgan fingerprint density at radius 3 is 2.21 bits per heavy atom. The molecule has 0 saturated carbocycles. The van der Waals surface area contributed by atoms with Crippen LogP contribution in [0.3, 0.4) is 0 Å². The van der Waals surface area contributed by atoms with Gasteiger partial charge in [0.1, 0.15) is 16.5 Å². The monoisotopic (exact) mass is 349 g/mol. The van der Waals surface area contributed by atoms with Crippen LogP contribution in [0.4, 0.5) is 5.00 Å². The summed E-state index contributed by atoms with van der Waals surface area (Å²) in [4.78, 5) is 25.0. The van der Waals surface area contributed by atoms with Gasteiger partial charge in [-0.25, -0.2) is 4.79 Å². The van der Waals surface area contributed by atoms with Crippen molar-refractivity contribution in [3.63, 3.8) is 0 Å². The van der Waals surface area contributed by atoms with Crippen LogP contribution in [0.5, 0.6) is 11.5 Å². The quantitative estimate of drug-likeness (QED) is 0.832. The normalized spacial score (nSPS) is 10.3. The first-order chi connectivity index (χ1) is 11.4. The van der Waals surface area contributed by atoms with Crippen molar-refractivity contribution in [1.82, 2.24) is 0 Å². The summed E-state index contributed by atoms with van der Waals surface area (Å²) in [7, 11) is 2.99. The molecule has 1 amide bonds. The number of benzene rings is 1. The van der Waals surface area contributed by atoms with Crippen LogP contribution in [0.1, 0.15) is 38.1 Å². The highest BCUT2D eigenvalue weighted by atomic mass is 32.1. The Morgan fingerprint density at radius 2 is 1.75 bits per heavy atom. The maximum atomic E-state index is 12.5. The van der Waals surface area contributed by atoms with E-state index in [0.717, 1.165) is 10.4 Å². The Hall–Kier alpha value is -2.54. The molecule has 2 rings (SSSR count). The molecule has 7 heteroatoms. The Bertz CT molecular complexity index is 759. The third-order valence-corrected chi connectivity index (χ3v) is 4.68. The van der Waals surface area contributed by atoms with Gasteiger partial charge in [0.05, 0.1) is 19.8 Å². The molecule has 0 spiro atoms. The number of hydrogen-bond acceptors (Lipinski definition) is 5. The highest BCUT2D eigenvalue weighted by molar-refractivity contribution is 7.16. The second-order valence-corrected chi connectivity index (χ2v) is 6.28. The molecule has 1 aromatic heterocycles. The number of hydrogen-bond donors (Lipinski definition) is 2. The molecule has 1 heterocycles. The molecule has 6 nitrogen and oxygen atoms in total. The third kappa shape index (κ3) is 3.51. The van der Waals surface area contributed by atoms with E-state index in [1.54, 1.807) is 18.2 Å². The number of anilines is 1. The number of carboxylic acids is 1. The second-order valence-electron chi connectivity index (χ2n) is 5.06. The van der Waals surface area contributed by atoms with Crippen LogP contribution < -0.4 is 14.8 Å². The van der Waals surface area contributed by atoms with Crippen molar-refractivity contribution in [3.05, 3.63) is 39.8 Å². The third-order valence-electron chi connectivity index (χ3n) is 3.62. The van der Waals surface area contributed by atoms with Gasteiger partial charge in [0.2, 0.25) is 0 Å². The maximum Gasteiger partial charge on any atom is 0.339 e. The molecule has 0 aliphatic carbocycles. The number of aromatic carboxylic acids is 1. The number of rotatable bonds is 6. The highest BCUT2D eigenvalue weighted by Crippen LogP contribution is 2.34. The lowest BCUT2D eigenvalue weighted by Gasteiger charge is -2.09. The molecule has 0 atom stereocenters. The standard InChI is InChI=1S/C17H19NO5S/c1-5-13-9(2)24-16(14(13)17(20)21)18-15(19)10-6-11(22-3)8-12(7-10)23-4/h6-8H,5H2,1-4H3,(H,18,19)(H,20,21). The molecule has 1 aromatic carbocycles. The van der Waals surface area contributed by atoms with Gasteiger partial charge >= 0.3 is 5.97 Å². The molecule has 128 valence electrons. The molecule has 0 saturated heterocycles. The SMILES string of the molecule is CCc1c(C)sc(NC(=O)c2cc(OC)cc(OC)c2)c1C(=O)O. The zero-order chi connectivity index (χ0) is 17.9. The van der Waals surface area contributed by atoms with Crippen LogP contribution in [0.15, 0.2) is 18.2 Å². The topological polar surface area (TPSA) is 84.9 Å². The van der Waals surface area contributed by atoms with Crippen molar-refractivity contribution in [3.8, 4) is 11.5 Å². The van der Waals surface area contributed by atoms with E-state index in [9.17, 15) is 14.7 Å². The van der Waals surface area contributed by atoms with Crippen molar-refractivity contribution in [2.75, 3.05) is 19.5 Å². The molecule has 0 radical (unpaired) electrons. The minimum Gasteiger partial charge on any atom is -0.497 e. The number of carbonyl (C=O) groups is 2. The fourth-order valence-electron chi connectivity index (χ4n) is 2.43. The van der Waals surface area contributed by atoms with Crippen molar-refractivity contribution in [2.24, 2.45) is 0 Å². The number of carbonyl (C=O) groups excluding carboxylic acids is 1. The van der Waals surface area contributed by atoms with Gasteiger partial charge in [-0.3, -0.25) is 4.79 Å². The minimum absolute atomic E-state index is 0.156. The highest BCUT2D eigenvalue weighted by Gasteiger charge is 2.22. The van der Waals surface area contributed by atoms with Crippen LogP contribution in [0.25, 0.3) is 0 Å². The van der Waals surface area contributed by atoms with Crippen molar-refractivity contribution < 1.29 is 24.2 Å². The summed E-state index contributed by atoms with van der Waals surface area (Å²) in [5.74, 6) is -0.502. The molecule has 0 aliphatic heterocycles. The minimum atomic E-state index is -1.05. The maximum absolute atomic E-state index is 12.5. The lowest BCUT2D eigenvalue weighted by atomic mass is 10.1. The zero-order valence-electron chi connectivity index (χ0n) is 13.9. The van der Waals surface area contributed by atoms with Gasteiger partial charge in [0.15, 0.2) is 0 Å². The van der Waals surface area contributed by atoms with E-state index in [2.05, 4.69) is 5.32 Å².